The highest BCUT2D eigenvalue weighted by atomic mass is 32.2. The first-order valence-corrected chi connectivity index (χ1v) is 13.6. The van der Waals surface area contributed by atoms with Crippen LogP contribution in [-0.2, 0) is 23.4 Å². The number of sulfone groups is 1. The largest absolute Gasteiger partial charge is 0.457 e. The molecule has 0 saturated carbocycles. The van der Waals surface area contributed by atoms with E-state index in [0.29, 0.717) is 45.6 Å². The van der Waals surface area contributed by atoms with Crippen molar-refractivity contribution in [2.24, 2.45) is 7.05 Å². The predicted octanol–water partition coefficient (Wildman–Crippen LogP) is 5.21. The molecule has 2 N–H and O–H groups in total. The third-order valence-electron chi connectivity index (χ3n) is 6.25. The summed E-state index contributed by atoms with van der Waals surface area (Å²) in [4.78, 5) is 15.7. The van der Waals surface area contributed by atoms with Gasteiger partial charge in [-0.2, -0.15) is 5.26 Å². The van der Waals surface area contributed by atoms with Gasteiger partial charge in [-0.25, -0.2) is 8.42 Å². The smallest absolute Gasteiger partial charge is 0.274 e. The number of nitrogens with zero attached hydrogens (tertiary/aromatic N) is 2. The molecule has 9 heteroatoms. The van der Waals surface area contributed by atoms with Crippen LogP contribution >= 0.6 is 0 Å². The van der Waals surface area contributed by atoms with Gasteiger partial charge < -0.3 is 19.6 Å². The Balaban J connectivity index is 1.53. The molecule has 0 aliphatic heterocycles. The lowest BCUT2D eigenvalue weighted by Gasteiger charge is -2.15. The van der Waals surface area contributed by atoms with Crippen molar-refractivity contribution >= 4 is 26.4 Å². The number of fused-ring (bicyclic) bond motifs is 1. The number of ether oxygens (including phenoxy) is 1. The van der Waals surface area contributed by atoms with Gasteiger partial charge in [0.15, 0.2) is 9.84 Å². The van der Waals surface area contributed by atoms with Crippen molar-refractivity contribution in [1.82, 2.24) is 9.55 Å². The summed E-state index contributed by atoms with van der Waals surface area (Å²) < 4.78 is 32.5. The Morgan fingerprint density at radius 1 is 1.03 bits per heavy atom. The molecule has 0 saturated heterocycles. The number of pyridine rings is 1. The number of benzene rings is 3. The van der Waals surface area contributed by atoms with E-state index in [1.165, 1.54) is 10.6 Å². The van der Waals surface area contributed by atoms with E-state index in [0.717, 1.165) is 17.5 Å². The number of aromatic nitrogens is 2. The molecule has 8 nitrogen and oxygen atoms in total. The van der Waals surface area contributed by atoms with Crippen LogP contribution in [0.2, 0.25) is 0 Å². The topological polar surface area (TPSA) is 117 Å². The van der Waals surface area contributed by atoms with E-state index in [2.05, 4.69) is 16.4 Å². The molecule has 0 aliphatic carbocycles. The van der Waals surface area contributed by atoms with Crippen molar-refractivity contribution in [3.05, 3.63) is 107 Å². The maximum Gasteiger partial charge on any atom is 0.274 e. The molecule has 3 aromatic carbocycles. The molecule has 0 atom stereocenters. The second kappa shape index (κ2) is 9.92. The van der Waals surface area contributed by atoms with Crippen molar-refractivity contribution < 1.29 is 13.2 Å². The molecule has 0 unspecified atom stereocenters. The van der Waals surface area contributed by atoms with Crippen LogP contribution in [0.5, 0.6) is 11.5 Å². The molecule has 5 aromatic rings. The molecular weight excluding hydrogens is 500 g/mol. The van der Waals surface area contributed by atoms with Crippen LogP contribution in [-0.4, -0.2) is 24.2 Å². The first-order chi connectivity index (χ1) is 18.2. The SMILES string of the molecule is Cn1cc(-c2cc(S(C)(=O)=O)ccc2Oc2cccc(NCc3ccccc3C#N)c2)c2cc[nH]c2c1=O. The maximum atomic E-state index is 12.6. The van der Waals surface area contributed by atoms with Crippen LogP contribution in [0.15, 0.2) is 94.9 Å². The Kier molecular flexibility index (Phi) is 6.49. The zero-order valence-electron chi connectivity index (χ0n) is 20.7. The van der Waals surface area contributed by atoms with Crippen molar-refractivity contribution in [3.63, 3.8) is 0 Å². The molecule has 2 heterocycles. The number of nitrogens with one attached hydrogen (secondary N) is 2. The summed E-state index contributed by atoms with van der Waals surface area (Å²) in [7, 11) is -1.85. The zero-order chi connectivity index (χ0) is 26.9. The Labute approximate surface area is 219 Å². The van der Waals surface area contributed by atoms with Gasteiger partial charge in [-0.05, 0) is 48.0 Å². The maximum absolute atomic E-state index is 12.6. The Hall–Kier alpha value is -4.81. The number of aromatic amines is 1. The Morgan fingerprint density at radius 3 is 2.63 bits per heavy atom. The zero-order valence-corrected chi connectivity index (χ0v) is 21.5. The fourth-order valence-electron chi connectivity index (χ4n) is 4.30. The van der Waals surface area contributed by atoms with Crippen LogP contribution in [0.25, 0.3) is 22.0 Å². The van der Waals surface area contributed by atoms with Gasteiger partial charge in [-0.1, -0.05) is 24.3 Å². The van der Waals surface area contributed by atoms with E-state index in [1.807, 2.05) is 36.4 Å². The number of nitriles is 1. The molecule has 0 fully saturated rings. The highest BCUT2D eigenvalue weighted by Crippen LogP contribution is 2.38. The number of rotatable bonds is 7. The second-order valence-corrected chi connectivity index (χ2v) is 10.9. The molecule has 190 valence electrons. The monoisotopic (exact) mass is 524 g/mol. The molecule has 2 aromatic heterocycles. The molecule has 0 bridgehead atoms. The lowest BCUT2D eigenvalue weighted by atomic mass is 10.0. The Morgan fingerprint density at radius 2 is 1.84 bits per heavy atom. The fraction of sp³-hybridized carbons (Fsp3) is 0.103. The summed E-state index contributed by atoms with van der Waals surface area (Å²) in [5.41, 5.74) is 3.71. The van der Waals surface area contributed by atoms with Gasteiger partial charge >= 0.3 is 0 Å². The third kappa shape index (κ3) is 4.90. The van der Waals surface area contributed by atoms with Gasteiger partial charge in [-0.3, -0.25) is 4.79 Å². The minimum absolute atomic E-state index is 0.143. The summed E-state index contributed by atoms with van der Waals surface area (Å²) in [5, 5.41) is 13.3. The molecule has 0 radical (unpaired) electrons. The van der Waals surface area contributed by atoms with Gasteiger partial charge in [0.1, 0.15) is 17.0 Å². The number of hydrogen-bond acceptors (Lipinski definition) is 6. The predicted molar refractivity (Wildman–Crippen MR) is 147 cm³/mol. The summed E-state index contributed by atoms with van der Waals surface area (Å²) in [6, 6.07) is 23.4. The summed E-state index contributed by atoms with van der Waals surface area (Å²) >= 11 is 0. The van der Waals surface area contributed by atoms with Crippen molar-refractivity contribution in [3.8, 4) is 28.7 Å². The Bertz CT molecular complexity index is 1880. The van der Waals surface area contributed by atoms with Crippen molar-refractivity contribution in [2.75, 3.05) is 11.6 Å². The van der Waals surface area contributed by atoms with Crippen LogP contribution in [0, 0.1) is 11.3 Å². The minimum Gasteiger partial charge on any atom is -0.457 e. The van der Waals surface area contributed by atoms with Crippen LogP contribution in [0.4, 0.5) is 5.69 Å². The molecule has 0 amide bonds. The fourth-order valence-corrected chi connectivity index (χ4v) is 4.95. The van der Waals surface area contributed by atoms with Crippen molar-refractivity contribution in [1.29, 1.82) is 5.26 Å². The molecule has 5 rings (SSSR count). The van der Waals surface area contributed by atoms with Crippen molar-refractivity contribution in [2.45, 2.75) is 11.4 Å². The highest BCUT2D eigenvalue weighted by molar-refractivity contribution is 7.90. The standard InChI is InChI=1S/C29H24N4O4S/c1-33-18-26(24-12-13-31-28(24)29(33)34)25-15-23(38(2,35)36)10-11-27(25)37-22-9-5-8-21(14-22)32-17-20-7-4-3-6-19(20)16-30/h3-15,18,31-32H,17H2,1-2H3. The van der Waals surface area contributed by atoms with E-state index < -0.39 is 9.84 Å². The third-order valence-corrected chi connectivity index (χ3v) is 7.36. The lowest BCUT2D eigenvalue weighted by molar-refractivity contribution is 0.484. The molecule has 0 spiro atoms. The molecular formula is C29H24N4O4S. The average Bonchev–Trinajstić information content (AvgIpc) is 3.40. The number of H-pyrrole nitrogens is 1. The van der Waals surface area contributed by atoms with Gasteiger partial charge in [-0.15, -0.1) is 0 Å². The quantitative estimate of drug-likeness (QED) is 0.302. The summed E-state index contributed by atoms with van der Waals surface area (Å²) in [6.07, 6.45) is 4.51. The average molecular weight is 525 g/mol. The van der Waals surface area contributed by atoms with Gasteiger partial charge in [0.05, 0.1) is 16.5 Å². The summed E-state index contributed by atoms with van der Waals surface area (Å²) in [6.45, 7) is 0.463. The normalized spacial score (nSPS) is 11.3. The van der Waals surface area contributed by atoms with E-state index in [4.69, 9.17) is 4.74 Å². The second-order valence-electron chi connectivity index (χ2n) is 8.91. The van der Waals surface area contributed by atoms with E-state index in [1.54, 1.807) is 49.8 Å². The van der Waals surface area contributed by atoms with Crippen LogP contribution < -0.4 is 15.6 Å². The summed E-state index contributed by atoms with van der Waals surface area (Å²) in [5.74, 6) is 0.970. The first-order valence-electron chi connectivity index (χ1n) is 11.8. The molecule has 0 aliphatic rings. The van der Waals surface area contributed by atoms with Gasteiger partial charge in [0, 0.05) is 60.5 Å². The highest BCUT2D eigenvalue weighted by Gasteiger charge is 2.18. The first kappa shape index (κ1) is 24.9. The number of hydrogen-bond donors (Lipinski definition) is 2. The number of anilines is 1. The van der Waals surface area contributed by atoms with Gasteiger partial charge in [0.25, 0.3) is 5.56 Å². The molecule has 38 heavy (non-hydrogen) atoms. The number of aryl methyl sites for hydroxylation is 1. The van der Waals surface area contributed by atoms with Crippen LogP contribution in [0.1, 0.15) is 11.1 Å². The minimum atomic E-state index is -3.49. The van der Waals surface area contributed by atoms with Crippen LogP contribution in [0.3, 0.4) is 0 Å². The van der Waals surface area contributed by atoms with E-state index in [-0.39, 0.29) is 10.5 Å². The van der Waals surface area contributed by atoms with E-state index >= 15 is 0 Å². The van der Waals surface area contributed by atoms with Gasteiger partial charge in [0.2, 0.25) is 0 Å². The lowest BCUT2D eigenvalue weighted by Crippen LogP contribution is -2.16. The van der Waals surface area contributed by atoms with E-state index in [9.17, 15) is 18.5 Å².